The van der Waals surface area contributed by atoms with Crippen molar-refractivity contribution in [2.45, 2.75) is 31.7 Å². The Balaban J connectivity index is 2.58. The van der Waals surface area contributed by atoms with E-state index in [1.165, 1.54) is 0 Å². The van der Waals surface area contributed by atoms with E-state index in [2.05, 4.69) is 10.1 Å². The largest absolute Gasteiger partial charge is 0.381 e. The molecule has 5 heteroatoms. The highest BCUT2D eigenvalue weighted by molar-refractivity contribution is 6.20. The van der Waals surface area contributed by atoms with Crippen molar-refractivity contribution in [1.29, 1.82) is 0 Å². The number of aromatic nitrogens is 2. The van der Waals surface area contributed by atoms with Crippen LogP contribution in [-0.4, -0.2) is 23.4 Å². The SMILES string of the molecule is COC(C)Cc1noc(C(C)Cl)n1. The third-order valence-electron chi connectivity index (χ3n) is 1.70. The van der Waals surface area contributed by atoms with Crippen LogP contribution in [0, 0.1) is 0 Å². The summed E-state index contributed by atoms with van der Waals surface area (Å²) in [5.74, 6) is 1.09. The molecule has 0 aromatic carbocycles. The molecule has 0 bridgehead atoms. The van der Waals surface area contributed by atoms with Gasteiger partial charge in [0.25, 0.3) is 0 Å². The summed E-state index contributed by atoms with van der Waals surface area (Å²) in [5.41, 5.74) is 0. The fourth-order valence-corrected chi connectivity index (χ4v) is 0.941. The molecule has 0 aliphatic carbocycles. The number of hydrogen-bond acceptors (Lipinski definition) is 4. The maximum absolute atomic E-state index is 5.76. The van der Waals surface area contributed by atoms with Crippen LogP contribution in [0.5, 0.6) is 0 Å². The van der Waals surface area contributed by atoms with Crippen LogP contribution in [0.3, 0.4) is 0 Å². The first-order valence-electron chi connectivity index (χ1n) is 4.12. The van der Waals surface area contributed by atoms with Crippen molar-refractivity contribution in [2.24, 2.45) is 0 Å². The van der Waals surface area contributed by atoms with Crippen molar-refractivity contribution in [1.82, 2.24) is 10.1 Å². The molecule has 0 saturated carbocycles. The molecule has 1 aromatic rings. The molecule has 2 unspecified atom stereocenters. The van der Waals surface area contributed by atoms with Crippen LogP contribution in [0.4, 0.5) is 0 Å². The second-order valence-electron chi connectivity index (χ2n) is 2.92. The summed E-state index contributed by atoms with van der Waals surface area (Å²) in [5, 5.41) is 3.54. The van der Waals surface area contributed by atoms with Gasteiger partial charge in [0.05, 0.1) is 6.10 Å². The van der Waals surface area contributed by atoms with E-state index in [9.17, 15) is 0 Å². The third-order valence-corrected chi connectivity index (χ3v) is 1.88. The van der Waals surface area contributed by atoms with Gasteiger partial charge in [0.15, 0.2) is 5.82 Å². The van der Waals surface area contributed by atoms with Gasteiger partial charge in [0.2, 0.25) is 5.89 Å². The molecular weight excluding hydrogens is 192 g/mol. The molecule has 0 saturated heterocycles. The Morgan fingerprint density at radius 1 is 1.54 bits per heavy atom. The average molecular weight is 205 g/mol. The summed E-state index contributed by atoms with van der Waals surface area (Å²) in [6, 6.07) is 0. The molecular formula is C8H13ClN2O2. The first kappa shape index (κ1) is 10.5. The average Bonchev–Trinajstić information content (AvgIpc) is 2.52. The lowest BCUT2D eigenvalue weighted by Gasteiger charge is -2.03. The highest BCUT2D eigenvalue weighted by Gasteiger charge is 2.13. The van der Waals surface area contributed by atoms with E-state index < -0.39 is 0 Å². The van der Waals surface area contributed by atoms with Gasteiger partial charge >= 0.3 is 0 Å². The number of halogens is 1. The zero-order chi connectivity index (χ0) is 9.84. The van der Waals surface area contributed by atoms with Crippen molar-refractivity contribution in [3.63, 3.8) is 0 Å². The second kappa shape index (κ2) is 4.58. The Morgan fingerprint density at radius 2 is 2.23 bits per heavy atom. The van der Waals surface area contributed by atoms with E-state index in [1.54, 1.807) is 14.0 Å². The Hall–Kier alpha value is -0.610. The summed E-state index contributed by atoms with van der Waals surface area (Å²) in [7, 11) is 1.65. The predicted molar refractivity (Wildman–Crippen MR) is 48.7 cm³/mol. The van der Waals surface area contributed by atoms with Gasteiger partial charge in [-0.2, -0.15) is 4.98 Å². The van der Waals surface area contributed by atoms with Crippen LogP contribution in [-0.2, 0) is 11.2 Å². The molecule has 2 atom stereocenters. The van der Waals surface area contributed by atoms with Crippen LogP contribution < -0.4 is 0 Å². The highest BCUT2D eigenvalue weighted by atomic mass is 35.5. The molecule has 0 N–H and O–H groups in total. The van der Waals surface area contributed by atoms with E-state index in [4.69, 9.17) is 20.9 Å². The zero-order valence-electron chi connectivity index (χ0n) is 7.95. The molecule has 4 nitrogen and oxygen atoms in total. The number of methoxy groups -OCH3 is 1. The van der Waals surface area contributed by atoms with Gasteiger partial charge < -0.3 is 9.26 Å². The van der Waals surface area contributed by atoms with Gasteiger partial charge in [-0.3, -0.25) is 0 Å². The molecule has 0 spiro atoms. The molecule has 1 heterocycles. The summed E-state index contributed by atoms with van der Waals surface area (Å²) in [4.78, 5) is 4.11. The summed E-state index contributed by atoms with van der Waals surface area (Å²) in [6.45, 7) is 3.73. The molecule has 1 aromatic heterocycles. The third kappa shape index (κ3) is 2.97. The highest BCUT2D eigenvalue weighted by Crippen LogP contribution is 2.16. The number of nitrogens with zero attached hydrogens (tertiary/aromatic N) is 2. The van der Waals surface area contributed by atoms with Crippen molar-refractivity contribution in [3.8, 4) is 0 Å². The van der Waals surface area contributed by atoms with Gasteiger partial charge in [0.1, 0.15) is 5.38 Å². The number of alkyl halides is 1. The molecule has 0 radical (unpaired) electrons. The van der Waals surface area contributed by atoms with E-state index in [1.807, 2.05) is 6.92 Å². The standard InChI is InChI=1S/C8H13ClN2O2/c1-5(12-3)4-7-10-8(6(2)9)13-11-7/h5-6H,4H2,1-3H3. The van der Waals surface area contributed by atoms with Gasteiger partial charge in [-0.25, -0.2) is 0 Å². The van der Waals surface area contributed by atoms with Gasteiger partial charge in [-0.15, -0.1) is 11.6 Å². The Morgan fingerprint density at radius 3 is 2.69 bits per heavy atom. The van der Waals surface area contributed by atoms with Gasteiger partial charge in [-0.05, 0) is 13.8 Å². The van der Waals surface area contributed by atoms with Gasteiger partial charge in [-0.1, -0.05) is 5.16 Å². The van der Waals surface area contributed by atoms with Crippen LogP contribution in [0.25, 0.3) is 0 Å². The molecule has 1 rings (SSSR count). The van der Waals surface area contributed by atoms with Crippen LogP contribution in [0.15, 0.2) is 4.52 Å². The summed E-state index contributed by atoms with van der Waals surface area (Å²) >= 11 is 5.76. The van der Waals surface area contributed by atoms with Crippen molar-refractivity contribution in [2.75, 3.05) is 7.11 Å². The minimum absolute atomic E-state index is 0.0936. The molecule has 0 fully saturated rings. The maximum Gasteiger partial charge on any atom is 0.244 e. The topological polar surface area (TPSA) is 48.2 Å². The molecule has 74 valence electrons. The molecule has 0 amide bonds. The Labute approximate surface area is 82.2 Å². The number of ether oxygens (including phenoxy) is 1. The fraction of sp³-hybridized carbons (Fsp3) is 0.750. The second-order valence-corrected chi connectivity index (χ2v) is 3.57. The predicted octanol–water partition coefficient (Wildman–Crippen LogP) is 1.95. The Bertz CT molecular complexity index is 262. The van der Waals surface area contributed by atoms with E-state index >= 15 is 0 Å². The lowest BCUT2D eigenvalue weighted by atomic mass is 10.3. The molecule has 0 aliphatic heterocycles. The molecule has 13 heavy (non-hydrogen) atoms. The molecule has 0 aliphatic rings. The first-order chi connectivity index (χ1) is 6.13. The fourth-order valence-electron chi connectivity index (χ4n) is 0.852. The maximum atomic E-state index is 5.76. The summed E-state index contributed by atoms with van der Waals surface area (Å²) in [6.07, 6.45) is 0.736. The van der Waals surface area contributed by atoms with Crippen molar-refractivity contribution >= 4 is 11.6 Å². The minimum Gasteiger partial charge on any atom is -0.381 e. The van der Waals surface area contributed by atoms with Crippen LogP contribution in [0.1, 0.15) is 30.9 Å². The van der Waals surface area contributed by atoms with Crippen molar-refractivity contribution < 1.29 is 9.26 Å². The normalized spacial score (nSPS) is 15.7. The van der Waals surface area contributed by atoms with Gasteiger partial charge in [0, 0.05) is 13.5 Å². The van der Waals surface area contributed by atoms with E-state index in [0.29, 0.717) is 18.1 Å². The smallest absolute Gasteiger partial charge is 0.244 e. The van der Waals surface area contributed by atoms with E-state index in [0.717, 1.165) is 0 Å². The van der Waals surface area contributed by atoms with Crippen molar-refractivity contribution in [3.05, 3.63) is 11.7 Å². The minimum atomic E-state index is -0.237. The lowest BCUT2D eigenvalue weighted by molar-refractivity contribution is 0.116. The monoisotopic (exact) mass is 204 g/mol. The van der Waals surface area contributed by atoms with Crippen LogP contribution >= 0.6 is 11.6 Å². The quantitative estimate of drug-likeness (QED) is 0.704. The zero-order valence-corrected chi connectivity index (χ0v) is 8.71. The van der Waals surface area contributed by atoms with Crippen LogP contribution in [0.2, 0.25) is 0 Å². The first-order valence-corrected chi connectivity index (χ1v) is 4.56. The summed E-state index contributed by atoms with van der Waals surface area (Å²) < 4.78 is 9.99. The lowest BCUT2D eigenvalue weighted by Crippen LogP contribution is -2.09. The Kier molecular flexibility index (Phi) is 3.69. The number of hydrogen-bond donors (Lipinski definition) is 0. The number of rotatable bonds is 4. The van der Waals surface area contributed by atoms with E-state index in [-0.39, 0.29) is 11.5 Å².